The number of fused-ring (bicyclic) bond motifs is 8. The molecular formula is C45H31N3OSi. The molecule has 4 nitrogen and oxygen atoms in total. The molecule has 0 atom stereocenters. The van der Waals surface area contributed by atoms with E-state index in [4.69, 9.17) is 19.4 Å². The second kappa shape index (κ2) is 10.9. The fourth-order valence-corrected chi connectivity index (χ4v) is 10.8. The molecule has 2 aromatic heterocycles. The third-order valence-corrected chi connectivity index (χ3v) is 13.8. The predicted octanol–water partition coefficient (Wildman–Crippen LogP) is 10.4. The van der Waals surface area contributed by atoms with Crippen LogP contribution in [0, 0.1) is 0 Å². The van der Waals surface area contributed by atoms with Crippen LogP contribution in [-0.2, 0) is 0 Å². The molecule has 236 valence electrons. The Kier molecular flexibility index (Phi) is 6.29. The summed E-state index contributed by atoms with van der Waals surface area (Å²) >= 11 is 0. The van der Waals surface area contributed by atoms with Gasteiger partial charge >= 0.3 is 0 Å². The van der Waals surface area contributed by atoms with E-state index in [0.29, 0.717) is 17.5 Å². The first-order valence-corrected chi connectivity index (χ1v) is 20.0. The van der Waals surface area contributed by atoms with Crippen LogP contribution in [0.3, 0.4) is 0 Å². The first-order valence-electron chi connectivity index (χ1n) is 17.0. The van der Waals surface area contributed by atoms with Gasteiger partial charge in [0.05, 0.1) is 0 Å². The Hall–Kier alpha value is -6.17. The Balaban J connectivity index is 1.27. The molecule has 0 amide bonds. The topological polar surface area (TPSA) is 51.8 Å². The van der Waals surface area contributed by atoms with Crippen LogP contribution in [0.15, 0.2) is 156 Å². The molecule has 50 heavy (non-hydrogen) atoms. The van der Waals surface area contributed by atoms with Gasteiger partial charge in [0, 0.05) is 33.0 Å². The van der Waals surface area contributed by atoms with Crippen LogP contribution in [0.4, 0.5) is 0 Å². The molecule has 0 fully saturated rings. The summed E-state index contributed by atoms with van der Waals surface area (Å²) in [6, 6.07) is 53.3. The van der Waals surface area contributed by atoms with E-state index in [1.165, 1.54) is 32.5 Å². The summed E-state index contributed by atoms with van der Waals surface area (Å²) in [5.74, 6) is 1.93. The van der Waals surface area contributed by atoms with Crippen molar-refractivity contribution in [2.75, 3.05) is 0 Å². The molecular weight excluding hydrogens is 627 g/mol. The SMILES string of the molecule is C[Si]1(C)c2ccccc2-c2c1cc(-c1nc(-c3ccccc3)nc(-c3ccc(-c4ccccc4)cc3)n1)c1c2oc2cc3ccccc3cc21. The van der Waals surface area contributed by atoms with Crippen molar-refractivity contribution < 1.29 is 4.42 Å². The summed E-state index contributed by atoms with van der Waals surface area (Å²) in [6.45, 7) is 4.87. The highest BCUT2D eigenvalue weighted by Crippen LogP contribution is 2.44. The van der Waals surface area contributed by atoms with Gasteiger partial charge < -0.3 is 4.42 Å². The van der Waals surface area contributed by atoms with Gasteiger partial charge in [-0.3, -0.25) is 0 Å². The molecule has 1 aliphatic heterocycles. The molecule has 3 heterocycles. The van der Waals surface area contributed by atoms with E-state index in [1.807, 2.05) is 24.3 Å². The highest BCUT2D eigenvalue weighted by molar-refractivity contribution is 7.04. The third kappa shape index (κ3) is 4.40. The summed E-state index contributed by atoms with van der Waals surface area (Å²) in [5, 5.41) is 7.21. The van der Waals surface area contributed by atoms with Crippen molar-refractivity contribution in [2.45, 2.75) is 13.1 Å². The van der Waals surface area contributed by atoms with Gasteiger partial charge in [-0.25, -0.2) is 15.0 Å². The van der Waals surface area contributed by atoms with Crippen molar-refractivity contribution in [1.82, 2.24) is 15.0 Å². The van der Waals surface area contributed by atoms with E-state index < -0.39 is 8.07 Å². The molecule has 1 aliphatic rings. The number of hydrogen-bond donors (Lipinski definition) is 0. The molecule has 0 unspecified atom stereocenters. The van der Waals surface area contributed by atoms with Crippen molar-refractivity contribution >= 4 is 51.2 Å². The molecule has 7 aromatic carbocycles. The monoisotopic (exact) mass is 657 g/mol. The molecule has 9 aromatic rings. The third-order valence-electron chi connectivity index (χ3n) is 10.3. The van der Waals surface area contributed by atoms with Gasteiger partial charge in [-0.1, -0.05) is 147 Å². The standard InChI is InChI=1S/C45H31N3OSi/c1-50(2)38-20-12-11-19-34(38)41-39(50)27-36(40-35-25-32-17-9-10-18-33(32)26-37(35)49-42(40)41)45-47-43(30-15-7-4-8-16-30)46-44(48-45)31-23-21-29(22-24-31)28-13-5-3-6-14-28/h3-27H,1-2H3. The molecule has 0 saturated carbocycles. The zero-order valence-corrected chi connectivity index (χ0v) is 28.7. The van der Waals surface area contributed by atoms with Crippen LogP contribution in [0.25, 0.3) is 89.1 Å². The molecule has 10 rings (SSSR count). The van der Waals surface area contributed by atoms with Gasteiger partial charge in [-0.15, -0.1) is 0 Å². The average molecular weight is 658 g/mol. The lowest BCUT2D eigenvalue weighted by molar-refractivity contribution is 0.671. The molecule has 0 radical (unpaired) electrons. The van der Waals surface area contributed by atoms with E-state index in [-0.39, 0.29) is 0 Å². The first kappa shape index (κ1) is 28.8. The van der Waals surface area contributed by atoms with Gasteiger partial charge in [-0.2, -0.15) is 0 Å². The van der Waals surface area contributed by atoms with Crippen molar-refractivity contribution in [3.05, 3.63) is 152 Å². The quantitative estimate of drug-likeness (QED) is 0.177. The zero-order valence-electron chi connectivity index (χ0n) is 27.7. The molecule has 0 saturated heterocycles. The predicted molar refractivity (Wildman–Crippen MR) is 209 cm³/mol. The van der Waals surface area contributed by atoms with Crippen LogP contribution >= 0.6 is 0 Å². The first-order chi connectivity index (χ1) is 24.5. The highest BCUT2D eigenvalue weighted by atomic mass is 28.3. The molecule has 0 N–H and O–H groups in total. The Labute approximate surface area is 290 Å². The Morgan fingerprint density at radius 3 is 1.72 bits per heavy atom. The average Bonchev–Trinajstić information content (AvgIpc) is 3.65. The second-order valence-corrected chi connectivity index (χ2v) is 18.0. The minimum Gasteiger partial charge on any atom is -0.455 e. The summed E-state index contributed by atoms with van der Waals surface area (Å²) in [6.07, 6.45) is 0. The maximum absolute atomic E-state index is 6.95. The fourth-order valence-electron chi connectivity index (χ4n) is 7.75. The summed E-state index contributed by atoms with van der Waals surface area (Å²) in [5.41, 5.74) is 9.44. The molecule has 0 aliphatic carbocycles. The van der Waals surface area contributed by atoms with E-state index in [9.17, 15) is 0 Å². The zero-order chi connectivity index (χ0) is 33.4. The van der Waals surface area contributed by atoms with Crippen LogP contribution in [0.2, 0.25) is 13.1 Å². The minimum absolute atomic E-state index is 0.639. The van der Waals surface area contributed by atoms with Gasteiger partial charge in [0.25, 0.3) is 0 Å². The van der Waals surface area contributed by atoms with Gasteiger partial charge in [0.15, 0.2) is 17.5 Å². The number of aromatic nitrogens is 3. The normalized spacial score (nSPS) is 13.2. The van der Waals surface area contributed by atoms with Crippen molar-refractivity contribution in [3.8, 4) is 56.4 Å². The lowest BCUT2D eigenvalue weighted by atomic mass is 9.97. The summed E-state index contributed by atoms with van der Waals surface area (Å²) in [7, 11) is -2.08. The lowest BCUT2D eigenvalue weighted by Gasteiger charge is -2.19. The smallest absolute Gasteiger partial charge is 0.164 e. The lowest BCUT2D eigenvalue weighted by Crippen LogP contribution is -2.49. The number of nitrogens with zero attached hydrogens (tertiary/aromatic N) is 3. The number of rotatable bonds is 4. The summed E-state index contributed by atoms with van der Waals surface area (Å²) in [4.78, 5) is 15.6. The van der Waals surface area contributed by atoms with Crippen LogP contribution in [-0.4, -0.2) is 23.0 Å². The van der Waals surface area contributed by atoms with Crippen LogP contribution in [0.5, 0.6) is 0 Å². The van der Waals surface area contributed by atoms with Crippen molar-refractivity contribution in [1.29, 1.82) is 0 Å². The molecule has 0 spiro atoms. The molecule has 0 bridgehead atoms. The maximum atomic E-state index is 6.95. The van der Waals surface area contributed by atoms with Gasteiger partial charge in [0.2, 0.25) is 0 Å². The van der Waals surface area contributed by atoms with Gasteiger partial charge in [0.1, 0.15) is 19.2 Å². The largest absolute Gasteiger partial charge is 0.455 e. The van der Waals surface area contributed by atoms with Crippen molar-refractivity contribution in [2.24, 2.45) is 0 Å². The van der Waals surface area contributed by atoms with E-state index in [1.54, 1.807) is 0 Å². The van der Waals surface area contributed by atoms with E-state index in [0.717, 1.165) is 49.6 Å². The Morgan fingerprint density at radius 1 is 0.460 bits per heavy atom. The molecule has 5 heteroatoms. The second-order valence-electron chi connectivity index (χ2n) is 13.6. The Morgan fingerprint density at radius 2 is 1.00 bits per heavy atom. The van der Waals surface area contributed by atoms with Crippen LogP contribution in [0.1, 0.15) is 0 Å². The Bertz CT molecular complexity index is 2770. The van der Waals surface area contributed by atoms with Crippen LogP contribution < -0.4 is 10.4 Å². The van der Waals surface area contributed by atoms with E-state index >= 15 is 0 Å². The summed E-state index contributed by atoms with van der Waals surface area (Å²) < 4.78 is 6.95. The minimum atomic E-state index is -2.08. The number of hydrogen-bond acceptors (Lipinski definition) is 4. The van der Waals surface area contributed by atoms with Gasteiger partial charge in [-0.05, 0) is 56.0 Å². The van der Waals surface area contributed by atoms with E-state index in [2.05, 4.69) is 140 Å². The number of furan rings is 1. The van der Waals surface area contributed by atoms with Crippen molar-refractivity contribution in [3.63, 3.8) is 0 Å². The highest BCUT2D eigenvalue weighted by Gasteiger charge is 2.40. The fraction of sp³-hybridized carbons (Fsp3) is 0.0444. The maximum Gasteiger partial charge on any atom is 0.164 e. The number of benzene rings is 7.